The number of hydrogen-bond donors (Lipinski definition) is 0. The maximum Gasteiger partial charge on any atom is 0.194 e. The summed E-state index contributed by atoms with van der Waals surface area (Å²) in [6, 6.07) is 14.4. The Balaban J connectivity index is 1.57. The van der Waals surface area contributed by atoms with E-state index < -0.39 is 17.5 Å². The van der Waals surface area contributed by atoms with E-state index in [9.17, 15) is 13.2 Å². The average Bonchev–Trinajstić information content (AvgIpc) is 2.77. The third-order valence-electron chi connectivity index (χ3n) is 5.10. The van der Waals surface area contributed by atoms with Crippen molar-refractivity contribution in [1.29, 1.82) is 0 Å². The number of ether oxygens (including phenoxy) is 1. The highest BCUT2D eigenvalue weighted by molar-refractivity contribution is 5.88. The Labute approximate surface area is 177 Å². The van der Waals surface area contributed by atoms with Gasteiger partial charge in [0.05, 0.1) is 18.5 Å². The van der Waals surface area contributed by atoms with Gasteiger partial charge in [0.1, 0.15) is 11.6 Å². The molecular weight excluding hydrogens is 406 g/mol. The van der Waals surface area contributed by atoms with Crippen LogP contribution in [0.5, 0.6) is 5.75 Å². The minimum atomic E-state index is -1.50. The molecule has 1 aromatic heterocycles. The Bertz CT molecular complexity index is 1220. The Kier molecular flexibility index (Phi) is 5.89. The zero-order valence-electron chi connectivity index (χ0n) is 16.8. The Morgan fingerprint density at radius 1 is 0.806 bits per heavy atom. The highest BCUT2D eigenvalue weighted by atomic mass is 19.2. The largest absolute Gasteiger partial charge is 0.492 e. The van der Waals surface area contributed by atoms with E-state index in [1.165, 1.54) is 0 Å². The van der Waals surface area contributed by atoms with Gasteiger partial charge >= 0.3 is 0 Å². The van der Waals surface area contributed by atoms with Gasteiger partial charge in [0, 0.05) is 10.9 Å². The molecule has 0 aliphatic heterocycles. The first-order valence-corrected chi connectivity index (χ1v) is 9.90. The highest BCUT2D eigenvalue weighted by Gasteiger charge is 2.13. The van der Waals surface area contributed by atoms with E-state index in [1.807, 2.05) is 25.1 Å². The molecule has 0 spiro atoms. The monoisotopic (exact) mass is 425 g/mol. The van der Waals surface area contributed by atoms with Gasteiger partial charge < -0.3 is 4.74 Å². The molecule has 158 valence electrons. The number of aromatic nitrogens is 1. The third kappa shape index (κ3) is 4.38. The summed E-state index contributed by atoms with van der Waals surface area (Å²) in [5, 5.41) is 1.16. The second-order valence-electron chi connectivity index (χ2n) is 7.16. The third-order valence-corrected chi connectivity index (χ3v) is 5.10. The number of aryl methyl sites for hydroxylation is 2. The van der Waals surface area contributed by atoms with Crippen LogP contribution < -0.4 is 4.74 Å². The van der Waals surface area contributed by atoms with Crippen molar-refractivity contribution in [2.24, 2.45) is 0 Å². The Morgan fingerprint density at radius 3 is 2.26 bits per heavy atom. The topological polar surface area (TPSA) is 22.1 Å². The molecule has 2 nitrogen and oxygen atoms in total. The van der Waals surface area contributed by atoms with Crippen LogP contribution in [0.25, 0.3) is 22.0 Å². The minimum absolute atomic E-state index is 0.185. The lowest BCUT2D eigenvalue weighted by molar-refractivity contribution is 0.339. The summed E-state index contributed by atoms with van der Waals surface area (Å²) in [5.74, 6) is -3.69. The van der Waals surface area contributed by atoms with Gasteiger partial charge in [-0.25, -0.2) is 17.6 Å². The summed E-state index contributed by atoms with van der Waals surface area (Å²) in [6.07, 6.45) is 2.06. The standard InChI is InChI=1S/C25H19F4NO/c1-2-31-19-8-10-23(30-14-19)18-7-9-20-17(13-18)6-5-16(24(20)28)4-3-15-11-21(26)25(29)22(27)12-15/h5-14H,2-4H2,1H3. The van der Waals surface area contributed by atoms with E-state index in [-0.39, 0.29) is 24.2 Å². The lowest BCUT2D eigenvalue weighted by Gasteiger charge is -2.10. The van der Waals surface area contributed by atoms with Crippen molar-refractivity contribution in [3.8, 4) is 17.0 Å². The number of hydrogen-bond acceptors (Lipinski definition) is 2. The molecule has 0 N–H and O–H groups in total. The maximum absolute atomic E-state index is 15.0. The van der Waals surface area contributed by atoms with E-state index in [2.05, 4.69) is 4.98 Å². The van der Waals surface area contributed by atoms with Crippen LogP contribution in [0.3, 0.4) is 0 Å². The molecule has 0 bridgehead atoms. The first kappa shape index (κ1) is 20.8. The smallest absolute Gasteiger partial charge is 0.194 e. The lowest BCUT2D eigenvalue weighted by Crippen LogP contribution is -1.99. The SMILES string of the molecule is CCOc1ccc(-c2ccc3c(F)c(CCc4cc(F)c(F)c(F)c4)ccc3c2)nc1. The number of halogens is 4. The van der Waals surface area contributed by atoms with Gasteiger partial charge in [-0.3, -0.25) is 4.98 Å². The van der Waals surface area contributed by atoms with Crippen molar-refractivity contribution in [2.75, 3.05) is 6.61 Å². The van der Waals surface area contributed by atoms with Crippen molar-refractivity contribution in [1.82, 2.24) is 4.98 Å². The molecule has 0 saturated carbocycles. The number of rotatable bonds is 6. The average molecular weight is 425 g/mol. The van der Waals surface area contributed by atoms with Gasteiger partial charge in [-0.05, 0) is 66.6 Å². The molecule has 4 aromatic rings. The molecule has 0 fully saturated rings. The molecule has 0 atom stereocenters. The van der Waals surface area contributed by atoms with Crippen LogP contribution in [0.15, 0.2) is 60.8 Å². The zero-order chi connectivity index (χ0) is 22.0. The number of pyridine rings is 1. The predicted octanol–water partition coefficient (Wildman–Crippen LogP) is 6.64. The van der Waals surface area contributed by atoms with Crippen molar-refractivity contribution < 1.29 is 22.3 Å². The van der Waals surface area contributed by atoms with E-state index in [0.29, 0.717) is 28.7 Å². The Morgan fingerprint density at radius 2 is 1.58 bits per heavy atom. The lowest BCUT2D eigenvalue weighted by atomic mass is 9.98. The van der Waals surface area contributed by atoms with Crippen LogP contribution in [0.4, 0.5) is 17.6 Å². The molecule has 0 aliphatic rings. The molecule has 0 aliphatic carbocycles. The van der Waals surface area contributed by atoms with Crippen LogP contribution in [0, 0.1) is 23.3 Å². The first-order chi connectivity index (χ1) is 15.0. The van der Waals surface area contributed by atoms with Gasteiger partial charge in [0.25, 0.3) is 0 Å². The summed E-state index contributed by atoms with van der Waals surface area (Å²) in [4.78, 5) is 4.39. The van der Waals surface area contributed by atoms with Gasteiger partial charge in [-0.2, -0.15) is 0 Å². The number of fused-ring (bicyclic) bond motifs is 1. The molecule has 0 radical (unpaired) electrons. The molecule has 0 saturated heterocycles. The fourth-order valence-electron chi connectivity index (χ4n) is 3.52. The highest BCUT2D eigenvalue weighted by Crippen LogP contribution is 2.28. The van der Waals surface area contributed by atoms with Gasteiger partial charge in [0.15, 0.2) is 17.5 Å². The van der Waals surface area contributed by atoms with Crippen molar-refractivity contribution in [3.05, 3.63) is 95.2 Å². The first-order valence-electron chi connectivity index (χ1n) is 9.90. The summed E-state index contributed by atoms with van der Waals surface area (Å²) in [5.41, 5.74) is 2.28. The fourth-order valence-corrected chi connectivity index (χ4v) is 3.52. The molecular formula is C25H19F4NO. The molecule has 0 unspecified atom stereocenters. The molecule has 6 heteroatoms. The summed E-state index contributed by atoms with van der Waals surface area (Å²) >= 11 is 0. The van der Waals surface area contributed by atoms with Crippen LogP contribution in [0.1, 0.15) is 18.1 Å². The molecule has 1 heterocycles. The fraction of sp³-hybridized carbons (Fsp3) is 0.160. The normalized spacial score (nSPS) is 11.1. The van der Waals surface area contributed by atoms with Crippen molar-refractivity contribution >= 4 is 10.8 Å². The molecule has 3 aromatic carbocycles. The van der Waals surface area contributed by atoms with Crippen LogP contribution in [-0.4, -0.2) is 11.6 Å². The number of benzene rings is 3. The van der Waals surface area contributed by atoms with Gasteiger partial charge in [-0.15, -0.1) is 0 Å². The second-order valence-corrected chi connectivity index (χ2v) is 7.16. The summed E-state index contributed by atoms with van der Waals surface area (Å²) in [6.45, 7) is 2.46. The second kappa shape index (κ2) is 8.76. The quantitative estimate of drug-likeness (QED) is 0.255. The van der Waals surface area contributed by atoms with E-state index in [4.69, 9.17) is 4.74 Å². The van der Waals surface area contributed by atoms with E-state index >= 15 is 4.39 Å². The van der Waals surface area contributed by atoms with Gasteiger partial charge in [0.2, 0.25) is 0 Å². The molecule has 4 rings (SSSR count). The van der Waals surface area contributed by atoms with Crippen molar-refractivity contribution in [2.45, 2.75) is 19.8 Å². The van der Waals surface area contributed by atoms with Crippen LogP contribution >= 0.6 is 0 Å². The zero-order valence-corrected chi connectivity index (χ0v) is 16.8. The molecule has 31 heavy (non-hydrogen) atoms. The van der Waals surface area contributed by atoms with E-state index in [1.54, 1.807) is 30.5 Å². The predicted molar refractivity (Wildman–Crippen MR) is 112 cm³/mol. The number of nitrogens with zero attached hydrogens (tertiary/aromatic N) is 1. The van der Waals surface area contributed by atoms with Gasteiger partial charge in [-0.1, -0.05) is 24.3 Å². The van der Waals surface area contributed by atoms with Crippen molar-refractivity contribution in [3.63, 3.8) is 0 Å². The minimum Gasteiger partial charge on any atom is -0.492 e. The summed E-state index contributed by atoms with van der Waals surface area (Å²) in [7, 11) is 0. The Hall–Kier alpha value is -3.41. The van der Waals surface area contributed by atoms with Crippen LogP contribution in [-0.2, 0) is 12.8 Å². The molecule has 0 amide bonds. The van der Waals surface area contributed by atoms with Crippen LogP contribution in [0.2, 0.25) is 0 Å². The maximum atomic E-state index is 15.0. The summed E-state index contributed by atoms with van der Waals surface area (Å²) < 4.78 is 60.3. The van der Waals surface area contributed by atoms with E-state index in [0.717, 1.165) is 23.4 Å².